The third-order valence-electron chi connectivity index (χ3n) is 1.44. The van der Waals surface area contributed by atoms with Crippen molar-refractivity contribution in [2.24, 2.45) is 0 Å². The lowest BCUT2D eigenvalue weighted by Crippen LogP contribution is -1.76. The fourth-order valence-corrected chi connectivity index (χ4v) is 0.710. The molecular weight excluding hydrogens is 148 g/mol. The van der Waals surface area contributed by atoms with Crippen molar-refractivity contribution in [1.82, 2.24) is 10.2 Å². The molecule has 0 spiro atoms. The van der Waals surface area contributed by atoms with Crippen LogP contribution in [0.15, 0.2) is 18.5 Å². The highest BCUT2D eigenvalue weighted by Gasteiger charge is 1.74. The zero-order chi connectivity index (χ0) is 9.23. The molecule has 68 valence electrons. The Hall–Kier alpha value is -0.920. The predicted octanol–water partition coefficient (Wildman–Crippen LogP) is 2.98. The minimum atomic E-state index is 1.15. The van der Waals surface area contributed by atoms with E-state index >= 15 is 0 Å². The van der Waals surface area contributed by atoms with Gasteiger partial charge in [0.05, 0.1) is 6.20 Å². The molecule has 0 aromatic carbocycles. The van der Waals surface area contributed by atoms with Gasteiger partial charge in [0.25, 0.3) is 0 Å². The Labute approximate surface area is 75.0 Å². The van der Waals surface area contributed by atoms with Gasteiger partial charge in [-0.3, -0.25) is 0 Å². The molecule has 0 unspecified atom stereocenters. The van der Waals surface area contributed by atoms with Crippen LogP contribution in [0.5, 0.6) is 0 Å². The Kier molecular flexibility index (Phi) is 7.55. The van der Waals surface area contributed by atoms with E-state index in [1.165, 1.54) is 19.3 Å². The number of hydrogen-bond donors (Lipinski definition) is 0. The molecule has 1 aromatic heterocycles. The molecular formula is C10H18N2. The van der Waals surface area contributed by atoms with Crippen molar-refractivity contribution in [2.45, 2.75) is 40.0 Å². The fourth-order valence-electron chi connectivity index (χ4n) is 0.710. The first kappa shape index (κ1) is 11.1. The lowest BCUT2D eigenvalue weighted by atomic mass is 10.3. The average Bonchev–Trinajstić information content (AvgIpc) is 2.08. The summed E-state index contributed by atoms with van der Waals surface area (Å²) in [6, 6.07) is 1.91. The van der Waals surface area contributed by atoms with Crippen molar-refractivity contribution in [3.05, 3.63) is 24.0 Å². The van der Waals surface area contributed by atoms with Gasteiger partial charge in [-0.1, -0.05) is 33.1 Å². The number of aryl methyl sites for hydroxylation is 1. The summed E-state index contributed by atoms with van der Waals surface area (Å²) >= 11 is 0. The Morgan fingerprint density at radius 2 is 1.83 bits per heavy atom. The molecule has 1 aromatic rings. The standard InChI is InChI=1S/C5H6N2.C5H12/c1-5-2-3-6-7-4-5;1-3-5-4-2/h2-4H,1H3;3-5H2,1-2H3. The Morgan fingerprint density at radius 1 is 1.17 bits per heavy atom. The first-order valence-electron chi connectivity index (χ1n) is 4.54. The first-order valence-corrected chi connectivity index (χ1v) is 4.54. The van der Waals surface area contributed by atoms with Gasteiger partial charge in [-0.25, -0.2) is 0 Å². The molecule has 0 saturated heterocycles. The van der Waals surface area contributed by atoms with E-state index in [1.807, 2.05) is 13.0 Å². The SMILES string of the molecule is CCCCC.Cc1ccnnc1. The summed E-state index contributed by atoms with van der Waals surface area (Å²) in [6.45, 7) is 6.40. The van der Waals surface area contributed by atoms with E-state index < -0.39 is 0 Å². The summed E-state index contributed by atoms with van der Waals surface area (Å²) in [5, 5.41) is 7.23. The normalized spacial score (nSPS) is 8.58. The van der Waals surface area contributed by atoms with Gasteiger partial charge in [0.15, 0.2) is 0 Å². The lowest BCUT2D eigenvalue weighted by molar-refractivity contribution is 0.772. The van der Waals surface area contributed by atoms with Crippen molar-refractivity contribution in [2.75, 3.05) is 0 Å². The molecule has 0 bridgehead atoms. The summed E-state index contributed by atoms with van der Waals surface area (Å²) in [5.74, 6) is 0. The van der Waals surface area contributed by atoms with E-state index in [-0.39, 0.29) is 0 Å². The van der Waals surface area contributed by atoms with E-state index in [2.05, 4.69) is 24.0 Å². The van der Waals surface area contributed by atoms with E-state index in [4.69, 9.17) is 0 Å². The number of aromatic nitrogens is 2. The maximum absolute atomic E-state index is 3.63. The van der Waals surface area contributed by atoms with Crippen molar-refractivity contribution < 1.29 is 0 Å². The van der Waals surface area contributed by atoms with E-state index in [0.717, 1.165) is 5.56 Å². The third kappa shape index (κ3) is 7.19. The fraction of sp³-hybridized carbons (Fsp3) is 0.600. The summed E-state index contributed by atoms with van der Waals surface area (Å²) in [6.07, 6.45) is 7.47. The average molecular weight is 166 g/mol. The molecule has 0 aliphatic carbocycles. The van der Waals surface area contributed by atoms with Crippen molar-refractivity contribution in [3.63, 3.8) is 0 Å². The smallest absolute Gasteiger partial charge is 0.0525 e. The number of nitrogens with zero attached hydrogens (tertiary/aromatic N) is 2. The van der Waals surface area contributed by atoms with Gasteiger partial charge in [0.2, 0.25) is 0 Å². The number of unbranched alkanes of at least 4 members (excludes halogenated alkanes) is 2. The van der Waals surface area contributed by atoms with Crippen LogP contribution < -0.4 is 0 Å². The quantitative estimate of drug-likeness (QED) is 0.675. The second-order valence-corrected chi connectivity index (χ2v) is 2.77. The van der Waals surface area contributed by atoms with Crippen LogP contribution in [-0.4, -0.2) is 10.2 Å². The largest absolute Gasteiger partial charge is 0.159 e. The predicted molar refractivity (Wildman–Crippen MR) is 52.0 cm³/mol. The summed E-state index contributed by atoms with van der Waals surface area (Å²) in [4.78, 5) is 0. The van der Waals surface area contributed by atoms with E-state index in [0.29, 0.717) is 0 Å². The molecule has 12 heavy (non-hydrogen) atoms. The van der Waals surface area contributed by atoms with Gasteiger partial charge in [0, 0.05) is 6.20 Å². The molecule has 1 rings (SSSR count). The minimum Gasteiger partial charge on any atom is -0.159 e. The van der Waals surface area contributed by atoms with Gasteiger partial charge >= 0.3 is 0 Å². The molecule has 2 nitrogen and oxygen atoms in total. The Morgan fingerprint density at radius 3 is 2.00 bits per heavy atom. The van der Waals surface area contributed by atoms with Gasteiger partial charge in [-0.15, -0.1) is 0 Å². The summed E-state index contributed by atoms with van der Waals surface area (Å²) in [7, 11) is 0. The van der Waals surface area contributed by atoms with Gasteiger partial charge < -0.3 is 0 Å². The monoisotopic (exact) mass is 166 g/mol. The van der Waals surface area contributed by atoms with Crippen LogP contribution in [0.1, 0.15) is 38.7 Å². The van der Waals surface area contributed by atoms with Crippen LogP contribution in [0, 0.1) is 6.92 Å². The lowest BCUT2D eigenvalue weighted by Gasteiger charge is -1.80. The molecule has 0 radical (unpaired) electrons. The molecule has 0 atom stereocenters. The van der Waals surface area contributed by atoms with Crippen LogP contribution in [-0.2, 0) is 0 Å². The van der Waals surface area contributed by atoms with Gasteiger partial charge in [-0.05, 0) is 18.6 Å². The highest BCUT2D eigenvalue weighted by molar-refractivity contribution is 5.00. The molecule has 0 saturated carbocycles. The van der Waals surface area contributed by atoms with E-state index in [1.54, 1.807) is 12.4 Å². The van der Waals surface area contributed by atoms with Gasteiger partial charge in [0.1, 0.15) is 0 Å². The topological polar surface area (TPSA) is 25.8 Å². The van der Waals surface area contributed by atoms with Crippen molar-refractivity contribution >= 4 is 0 Å². The summed E-state index contributed by atoms with van der Waals surface area (Å²) in [5.41, 5.74) is 1.15. The highest BCUT2D eigenvalue weighted by atomic mass is 15.1. The minimum absolute atomic E-state index is 1.15. The van der Waals surface area contributed by atoms with Crippen LogP contribution in [0.2, 0.25) is 0 Å². The van der Waals surface area contributed by atoms with E-state index in [9.17, 15) is 0 Å². The molecule has 0 aliphatic heterocycles. The zero-order valence-electron chi connectivity index (χ0n) is 8.25. The van der Waals surface area contributed by atoms with Gasteiger partial charge in [-0.2, -0.15) is 10.2 Å². The summed E-state index contributed by atoms with van der Waals surface area (Å²) < 4.78 is 0. The molecule has 2 heteroatoms. The number of hydrogen-bond acceptors (Lipinski definition) is 2. The second kappa shape index (κ2) is 8.18. The molecule has 1 heterocycles. The second-order valence-electron chi connectivity index (χ2n) is 2.77. The van der Waals surface area contributed by atoms with Crippen molar-refractivity contribution in [3.8, 4) is 0 Å². The maximum atomic E-state index is 3.63. The van der Waals surface area contributed by atoms with Crippen LogP contribution >= 0.6 is 0 Å². The third-order valence-corrected chi connectivity index (χ3v) is 1.44. The molecule has 0 aliphatic rings. The molecule has 0 amide bonds. The zero-order valence-corrected chi connectivity index (χ0v) is 8.25. The first-order chi connectivity index (χ1) is 5.81. The van der Waals surface area contributed by atoms with Crippen LogP contribution in [0.4, 0.5) is 0 Å². The van der Waals surface area contributed by atoms with Crippen LogP contribution in [0.25, 0.3) is 0 Å². The molecule has 0 fully saturated rings. The van der Waals surface area contributed by atoms with Crippen LogP contribution in [0.3, 0.4) is 0 Å². The Balaban J connectivity index is 0.000000217. The number of rotatable bonds is 2. The molecule has 0 N–H and O–H groups in total. The maximum Gasteiger partial charge on any atom is 0.0525 e. The highest BCUT2D eigenvalue weighted by Crippen LogP contribution is 1.88. The Bertz CT molecular complexity index is 170. The van der Waals surface area contributed by atoms with Crippen molar-refractivity contribution in [1.29, 1.82) is 0 Å².